The normalized spacial score (nSPS) is 13.0. The first-order valence-corrected chi connectivity index (χ1v) is 10.2. The number of para-hydroxylation sites is 1. The van der Waals surface area contributed by atoms with E-state index in [2.05, 4.69) is 10.6 Å². The summed E-state index contributed by atoms with van der Waals surface area (Å²) in [6.07, 6.45) is 2.02. The number of nitrogens with zero attached hydrogens (tertiary/aromatic N) is 1. The van der Waals surface area contributed by atoms with Crippen LogP contribution in [0.2, 0.25) is 0 Å². The van der Waals surface area contributed by atoms with E-state index in [9.17, 15) is 9.59 Å². The molecule has 1 saturated heterocycles. The summed E-state index contributed by atoms with van der Waals surface area (Å²) in [4.78, 5) is 27.4. The zero-order valence-electron chi connectivity index (χ0n) is 18.4. The van der Waals surface area contributed by atoms with Gasteiger partial charge in [0.05, 0.1) is 32.6 Å². The molecule has 0 radical (unpaired) electrons. The zero-order chi connectivity index (χ0) is 22.4. The molecule has 0 unspecified atom stereocenters. The summed E-state index contributed by atoms with van der Waals surface area (Å²) in [6, 6.07) is 8.59. The third-order valence-electron chi connectivity index (χ3n) is 5.36. The van der Waals surface area contributed by atoms with Crippen molar-refractivity contribution in [3.05, 3.63) is 47.0 Å². The van der Waals surface area contributed by atoms with Crippen LogP contribution in [0.1, 0.15) is 34.3 Å². The van der Waals surface area contributed by atoms with E-state index in [-0.39, 0.29) is 12.5 Å². The van der Waals surface area contributed by atoms with Crippen molar-refractivity contribution in [2.45, 2.75) is 26.3 Å². The second kappa shape index (κ2) is 10.1. The Kier molecular flexibility index (Phi) is 7.23. The van der Waals surface area contributed by atoms with Crippen molar-refractivity contribution < 1.29 is 23.8 Å². The Bertz CT molecular complexity index is 954. The highest BCUT2D eigenvalue weighted by atomic mass is 16.5. The summed E-state index contributed by atoms with van der Waals surface area (Å²) in [5.41, 5.74) is 2.58. The van der Waals surface area contributed by atoms with Crippen LogP contribution in [0.5, 0.6) is 17.2 Å². The molecule has 1 aliphatic rings. The number of carbonyl (C=O) groups excluding carboxylic acids is 2. The van der Waals surface area contributed by atoms with Gasteiger partial charge in [0, 0.05) is 25.2 Å². The summed E-state index contributed by atoms with van der Waals surface area (Å²) >= 11 is 0. The number of anilines is 1. The first-order chi connectivity index (χ1) is 15.0. The maximum Gasteiger partial charge on any atom is 0.319 e. The lowest BCUT2D eigenvalue weighted by Crippen LogP contribution is -2.32. The predicted molar refractivity (Wildman–Crippen MR) is 118 cm³/mol. The van der Waals surface area contributed by atoms with E-state index in [1.165, 1.54) is 14.2 Å². The fourth-order valence-corrected chi connectivity index (χ4v) is 3.74. The zero-order valence-corrected chi connectivity index (χ0v) is 18.4. The maximum atomic E-state index is 12.9. The summed E-state index contributed by atoms with van der Waals surface area (Å²) in [5, 5.41) is 5.67. The Balaban J connectivity index is 1.74. The minimum Gasteiger partial charge on any atom is -0.493 e. The van der Waals surface area contributed by atoms with Gasteiger partial charge in [-0.05, 0) is 43.5 Å². The molecule has 1 heterocycles. The molecule has 1 fully saturated rings. The fourth-order valence-electron chi connectivity index (χ4n) is 3.74. The Labute approximate surface area is 182 Å². The molecule has 0 atom stereocenters. The van der Waals surface area contributed by atoms with Gasteiger partial charge < -0.3 is 29.7 Å². The van der Waals surface area contributed by atoms with Gasteiger partial charge in [-0.15, -0.1) is 0 Å². The highest BCUT2D eigenvalue weighted by Gasteiger charge is 2.23. The number of urea groups is 1. The van der Waals surface area contributed by atoms with Crippen LogP contribution in [0.3, 0.4) is 0 Å². The van der Waals surface area contributed by atoms with E-state index in [1.54, 1.807) is 25.3 Å². The molecule has 8 heteroatoms. The molecule has 0 saturated carbocycles. The minimum absolute atomic E-state index is 0.0574. The number of carbonyl (C=O) groups is 2. The van der Waals surface area contributed by atoms with Crippen molar-refractivity contribution in [2.75, 3.05) is 39.7 Å². The number of hydrogen-bond acceptors (Lipinski definition) is 5. The topological polar surface area (TPSA) is 89.1 Å². The number of aryl methyl sites for hydroxylation is 1. The lowest BCUT2D eigenvalue weighted by atomic mass is 10.1. The van der Waals surface area contributed by atoms with Crippen molar-refractivity contribution in [1.29, 1.82) is 0 Å². The molecule has 0 aliphatic carbocycles. The second-order valence-corrected chi connectivity index (χ2v) is 7.30. The summed E-state index contributed by atoms with van der Waals surface area (Å²) < 4.78 is 16.1. The minimum atomic E-state index is -0.415. The molecular weight excluding hydrogens is 398 g/mol. The van der Waals surface area contributed by atoms with Gasteiger partial charge in [0.25, 0.3) is 5.91 Å². The third kappa shape index (κ3) is 4.84. The Hall–Kier alpha value is -3.42. The number of methoxy groups -OCH3 is 3. The van der Waals surface area contributed by atoms with E-state index in [0.717, 1.165) is 37.1 Å². The van der Waals surface area contributed by atoms with Crippen molar-refractivity contribution in [3.8, 4) is 17.2 Å². The van der Waals surface area contributed by atoms with Gasteiger partial charge in [0.15, 0.2) is 11.5 Å². The van der Waals surface area contributed by atoms with Crippen LogP contribution in [0, 0.1) is 6.92 Å². The molecule has 31 heavy (non-hydrogen) atoms. The van der Waals surface area contributed by atoms with Gasteiger partial charge in [-0.1, -0.05) is 12.1 Å². The van der Waals surface area contributed by atoms with E-state index in [0.29, 0.717) is 28.5 Å². The molecule has 2 aromatic carbocycles. The Morgan fingerprint density at radius 2 is 1.68 bits per heavy atom. The highest BCUT2D eigenvalue weighted by molar-refractivity contribution is 6.04. The number of amides is 3. The van der Waals surface area contributed by atoms with Gasteiger partial charge in [-0.2, -0.15) is 0 Å². The molecule has 8 nitrogen and oxygen atoms in total. The lowest BCUT2D eigenvalue weighted by Gasteiger charge is -2.20. The van der Waals surface area contributed by atoms with Crippen LogP contribution in [0.15, 0.2) is 30.3 Å². The number of benzene rings is 2. The molecule has 166 valence electrons. The maximum absolute atomic E-state index is 12.9. The summed E-state index contributed by atoms with van der Waals surface area (Å²) in [7, 11) is 4.61. The SMILES string of the molecule is COc1ccc(CNC(=O)Nc2c(C)cccc2C(=O)N2CCCC2)c(OC)c1OC. The predicted octanol–water partition coefficient (Wildman–Crippen LogP) is 3.58. The molecule has 3 amide bonds. The van der Waals surface area contributed by atoms with Crippen LogP contribution >= 0.6 is 0 Å². The first-order valence-electron chi connectivity index (χ1n) is 10.2. The molecule has 3 rings (SSSR count). The highest BCUT2D eigenvalue weighted by Crippen LogP contribution is 2.39. The molecule has 0 spiro atoms. The second-order valence-electron chi connectivity index (χ2n) is 7.30. The smallest absolute Gasteiger partial charge is 0.319 e. The number of rotatable bonds is 7. The van der Waals surface area contributed by atoms with Gasteiger partial charge >= 0.3 is 6.03 Å². The average molecular weight is 428 g/mol. The summed E-state index contributed by atoms with van der Waals surface area (Å²) in [6.45, 7) is 3.57. The first kappa shape index (κ1) is 22.3. The number of likely N-dealkylation sites (tertiary alicyclic amines) is 1. The van der Waals surface area contributed by atoms with Crippen molar-refractivity contribution in [2.24, 2.45) is 0 Å². The third-order valence-corrected chi connectivity index (χ3v) is 5.36. The fraction of sp³-hybridized carbons (Fsp3) is 0.391. The Morgan fingerprint density at radius 3 is 2.32 bits per heavy atom. The van der Waals surface area contributed by atoms with Crippen molar-refractivity contribution >= 4 is 17.6 Å². The van der Waals surface area contributed by atoms with E-state index < -0.39 is 6.03 Å². The molecular formula is C23H29N3O5. The van der Waals surface area contributed by atoms with Gasteiger partial charge in [0.1, 0.15) is 0 Å². The van der Waals surface area contributed by atoms with Crippen LogP contribution < -0.4 is 24.8 Å². The van der Waals surface area contributed by atoms with Crippen LogP contribution in [-0.4, -0.2) is 51.3 Å². The van der Waals surface area contributed by atoms with E-state index in [1.807, 2.05) is 24.0 Å². The number of nitrogens with one attached hydrogen (secondary N) is 2. The average Bonchev–Trinajstić information content (AvgIpc) is 3.32. The number of ether oxygens (including phenoxy) is 3. The summed E-state index contributed by atoms with van der Waals surface area (Å²) in [5.74, 6) is 1.43. The van der Waals surface area contributed by atoms with Gasteiger partial charge in [-0.25, -0.2) is 4.79 Å². The lowest BCUT2D eigenvalue weighted by molar-refractivity contribution is 0.0793. The molecule has 0 aromatic heterocycles. The van der Waals surface area contributed by atoms with Crippen LogP contribution in [0.25, 0.3) is 0 Å². The van der Waals surface area contributed by atoms with Crippen molar-refractivity contribution in [3.63, 3.8) is 0 Å². The Morgan fingerprint density at radius 1 is 0.968 bits per heavy atom. The van der Waals surface area contributed by atoms with Gasteiger partial charge in [-0.3, -0.25) is 4.79 Å². The van der Waals surface area contributed by atoms with E-state index in [4.69, 9.17) is 14.2 Å². The largest absolute Gasteiger partial charge is 0.493 e. The molecule has 1 aliphatic heterocycles. The molecule has 2 aromatic rings. The molecule has 2 N–H and O–H groups in total. The number of hydrogen-bond donors (Lipinski definition) is 2. The van der Waals surface area contributed by atoms with Gasteiger partial charge in [0.2, 0.25) is 5.75 Å². The quantitative estimate of drug-likeness (QED) is 0.705. The van der Waals surface area contributed by atoms with E-state index >= 15 is 0 Å². The molecule has 0 bridgehead atoms. The standard InChI is InChI=1S/C23H29N3O5/c1-15-8-7-9-17(22(27)26-12-5-6-13-26)19(15)25-23(28)24-14-16-10-11-18(29-2)21(31-4)20(16)30-3/h7-11H,5-6,12-14H2,1-4H3,(H2,24,25,28). The van der Waals surface area contributed by atoms with Crippen LogP contribution in [0.4, 0.5) is 10.5 Å². The van der Waals surface area contributed by atoms with Crippen molar-refractivity contribution in [1.82, 2.24) is 10.2 Å². The van der Waals surface area contributed by atoms with Crippen LogP contribution in [-0.2, 0) is 6.54 Å². The monoisotopic (exact) mass is 427 g/mol.